The molecule has 0 radical (unpaired) electrons. The van der Waals surface area contributed by atoms with Crippen LogP contribution >= 0.6 is 76.4 Å². The fourth-order valence-electron chi connectivity index (χ4n) is 6.34. The Morgan fingerprint density at radius 2 is 1.30 bits per heavy atom. The van der Waals surface area contributed by atoms with Gasteiger partial charge in [-0.25, -0.2) is 43.3 Å². The van der Waals surface area contributed by atoms with Crippen molar-refractivity contribution in [1.82, 2.24) is 44.1 Å². The third-order valence-electron chi connectivity index (χ3n) is 9.33. The van der Waals surface area contributed by atoms with Gasteiger partial charge in [0.1, 0.15) is 53.3 Å². The van der Waals surface area contributed by atoms with E-state index in [4.69, 9.17) is 33.6 Å². The van der Waals surface area contributed by atoms with Crippen molar-refractivity contribution in [3.63, 3.8) is 0 Å². The number of aliphatic hydroxyl groups excluding tert-OH is 2. The molecule has 0 aliphatic carbocycles. The number of H-pyrrole nitrogens is 1. The number of carboxylic acid groups (broad SMARTS) is 1. The van der Waals surface area contributed by atoms with Crippen LogP contribution in [0.15, 0.2) is 4.79 Å². The van der Waals surface area contributed by atoms with Crippen molar-refractivity contribution in [2.45, 2.75) is 88.7 Å². The number of carboxylic acids is 1. The lowest BCUT2D eigenvalue weighted by Gasteiger charge is -2.27. The second-order valence-corrected chi connectivity index (χ2v) is 22.5. The van der Waals surface area contributed by atoms with E-state index in [9.17, 15) is 63.0 Å². The van der Waals surface area contributed by atoms with Crippen LogP contribution in [0.5, 0.6) is 5.88 Å². The number of phosphoric ester groups is 1. The number of aliphatic hydroxyl groups is 4. The summed E-state index contributed by atoms with van der Waals surface area (Å²) in [4.78, 5) is 92.4. The van der Waals surface area contributed by atoms with Crippen LogP contribution in [0, 0.1) is 21.5 Å². The summed E-state index contributed by atoms with van der Waals surface area (Å²) in [6.45, 7) is 5.19. The number of methoxy groups -OCH3 is 1. The van der Waals surface area contributed by atoms with E-state index in [2.05, 4.69) is 43.0 Å². The third kappa shape index (κ3) is 12.3. The van der Waals surface area contributed by atoms with E-state index in [0.29, 0.717) is 20.8 Å². The normalized spacial score (nSPS) is 28.9. The molecule has 0 amide bonds. The van der Waals surface area contributed by atoms with E-state index >= 15 is 0 Å². The summed E-state index contributed by atoms with van der Waals surface area (Å²) in [5.41, 5.74) is -3.98. The Labute approximate surface area is 396 Å². The zero-order valence-corrected chi connectivity index (χ0v) is 42.3. The van der Waals surface area contributed by atoms with Crippen LogP contribution in [0.4, 0.5) is 0 Å². The number of carbonyl (C=O) groups is 1. The van der Waals surface area contributed by atoms with Crippen molar-refractivity contribution in [3.8, 4) is 5.88 Å². The number of imidazole rings is 2. The van der Waals surface area contributed by atoms with E-state index < -0.39 is 110 Å². The lowest BCUT2D eigenvalue weighted by atomic mass is 9.96. The number of aromatic nitrogens is 8. The SMILES string of the molecule is COc1nc(C)nc2c1nc(I)n2C1O[C@H](COP(=O)(O)N[C@@H](C)C(=O)O)[C@@H](O)[C@@]1(C)O.Cc1nc2c(nc(I)n2C2O[C@H](COP(=O)(O)OP(=O)(O)OP(=O)(O)O)[C@@H](O)[C@@]2(C)O)c(=O)[nH]1. The van der Waals surface area contributed by atoms with E-state index in [-0.39, 0.29) is 26.7 Å². The molecule has 6 rings (SSSR count). The maximum atomic E-state index is 12.2. The molecule has 32 nitrogen and oxygen atoms in total. The van der Waals surface area contributed by atoms with Gasteiger partial charge in [-0.2, -0.15) is 13.6 Å². The van der Waals surface area contributed by atoms with Gasteiger partial charge in [-0.3, -0.25) is 27.8 Å². The summed E-state index contributed by atoms with van der Waals surface area (Å²) in [7, 11) is -19.9. The summed E-state index contributed by atoms with van der Waals surface area (Å²) in [6.07, 6.45) is -8.69. The lowest BCUT2D eigenvalue weighted by Crippen LogP contribution is -2.44. The Kier molecular flexibility index (Phi) is 16.6. The van der Waals surface area contributed by atoms with Crippen LogP contribution in [-0.4, -0.2) is 157 Å². The van der Waals surface area contributed by atoms with Gasteiger partial charge in [-0.1, -0.05) is 0 Å². The topological polar surface area (TPSA) is 471 Å². The highest BCUT2D eigenvalue weighted by Gasteiger charge is 2.56. The highest BCUT2D eigenvalue weighted by molar-refractivity contribution is 14.1. The highest BCUT2D eigenvalue weighted by Crippen LogP contribution is 2.66. The number of aryl methyl sites for hydroxylation is 2. The number of rotatable bonds is 16. The van der Waals surface area contributed by atoms with E-state index in [0.717, 1.165) is 6.92 Å². The third-order valence-corrected chi connectivity index (χ3v) is 15.9. The smallest absolute Gasteiger partial charge is 0.480 e. The molecule has 2 aliphatic rings. The van der Waals surface area contributed by atoms with Crippen molar-refractivity contribution < 1.29 is 105 Å². The largest absolute Gasteiger partial charge is 0.490 e. The molecule has 5 unspecified atom stereocenters. The van der Waals surface area contributed by atoms with Gasteiger partial charge in [0.15, 0.2) is 42.4 Å². The minimum absolute atomic E-state index is 0.0108. The number of halogens is 2. The Bertz CT molecular complexity index is 2750. The average Bonchev–Trinajstić information content (AvgIpc) is 3.80. The van der Waals surface area contributed by atoms with Gasteiger partial charge in [0.25, 0.3) is 5.56 Å². The average molecular weight is 1250 g/mol. The van der Waals surface area contributed by atoms with Gasteiger partial charge in [-0.05, 0) is 34.6 Å². The van der Waals surface area contributed by atoms with Crippen LogP contribution in [-0.2, 0) is 50.2 Å². The number of aliphatic carboxylic acids is 1. The van der Waals surface area contributed by atoms with Crippen LogP contribution in [0.3, 0.4) is 0 Å². The summed E-state index contributed by atoms with van der Waals surface area (Å²) in [5.74, 6) is -0.526. The maximum absolute atomic E-state index is 12.2. The Balaban J connectivity index is 0.000000248. The number of hydrogen-bond acceptors (Lipinski definition) is 22. The summed E-state index contributed by atoms with van der Waals surface area (Å²) >= 11 is 3.64. The van der Waals surface area contributed by atoms with Crippen molar-refractivity contribution in [1.29, 1.82) is 0 Å². The van der Waals surface area contributed by atoms with Crippen LogP contribution in [0.1, 0.15) is 44.9 Å². The van der Waals surface area contributed by atoms with Crippen molar-refractivity contribution in [3.05, 3.63) is 29.7 Å². The first-order valence-corrected chi connectivity index (χ1v) is 26.4. The second kappa shape index (κ2) is 20.0. The molecule has 12 N–H and O–H groups in total. The predicted molar refractivity (Wildman–Crippen MR) is 232 cm³/mol. The number of phosphoric acid groups is 3. The maximum Gasteiger partial charge on any atom is 0.490 e. The van der Waals surface area contributed by atoms with Gasteiger partial charge >= 0.3 is 37.2 Å². The van der Waals surface area contributed by atoms with Gasteiger partial charge < -0.3 is 69.2 Å². The molecule has 2 saturated heterocycles. The molecule has 2 aliphatic heterocycles. The molecule has 12 atom stereocenters. The number of fused-ring (bicyclic) bond motifs is 2. The van der Waals surface area contributed by atoms with E-state index in [1.54, 1.807) is 29.5 Å². The standard InChI is InChI=1S/C16H23IN5O9P.C12H18IN4O14P3/c1-6(13(24)25)21-32(27,28)30-5-8-10(23)16(3,26)14(31-8)22-11-9(20-15(22)17)12(29-4)19-7(2)18-11;1-4-14-8-6(9(19)15-4)16-11(13)17(8)10-12(2,20)7(18)5(29-10)3-28-33(24,25)31-34(26,27)30-32(21,22)23/h6,8,10,14,23,26H,5H2,1-4H3,(H,24,25)(H2,21,27,28);5,7,10,18,20H,3H2,1-2H3,(H,24,25)(H,26,27)(H,14,15,19)(H2,21,22,23)/t6-,8+,10+,14?,16+;5-,7-,10?,12-/m01/s1. The van der Waals surface area contributed by atoms with Crippen LogP contribution in [0.25, 0.3) is 22.3 Å². The zero-order valence-electron chi connectivity index (χ0n) is 34.4. The zero-order chi connectivity index (χ0) is 49.9. The molecular formula is C28H41I2N9O23P4. The monoisotopic (exact) mass is 1250 g/mol. The molecule has 4 aromatic rings. The second-order valence-electron chi connectivity index (χ2n) is 14.6. The molecule has 6 heterocycles. The summed E-state index contributed by atoms with van der Waals surface area (Å²) < 4.78 is 82.5. The number of hydrogen-bond donors (Lipinski definition) is 12. The van der Waals surface area contributed by atoms with E-state index in [1.165, 1.54) is 37.0 Å². The first-order valence-electron chi connectivity index (χ1n) is 18.1. The van der Waals surface area contributed by atoms with E-state index in [1.807, 2.05) is 27.7 Å². The number of nitrogens with zero attached hydrogens (tertiary/aromatic N) is 7. The quantitative estimate of drug-likeness (QED) is 0.0376. The van der Waals surface area contributed by atoms with Crippen molar-refractivity contribution in [2.24, 2.45) is 0 Å². The first-order chi connectivity index (χ1) is 30.1. The number of nitrogens with one attached hydrogen (secondary N) is 2. The molecule has 0 spiro atoms. The van der Waals surface area contributed by atoms with Crippen LogP contribution in [0.2, 0.25) is 0 Å². The molecule has 2 fully saturated rings. The molecule has 38 heteroatoms. The van der Waals surface area contributed by atoms with Crippen molar-refractivity contribution >= 4 is 105 Å². The van der Waals surface area contributed by atoms with Gasteiger partial charge in [0, 0.05) is 45.2 Å². The fraction of sp³-hybridized carbons (Fsp3) is 0.607. The Morgan fingerprint density at radius 3 is 1.79 bits per heavy atom. The van der Waals surface area contributed by atoms with Gasteiger partial charge in [0.2, 0.25) is 5.88 Å². The predicted octanol–water partition coefficient (Wildman–Crippen LogP) is -0.678. The number of aromatic amines is 1. The van der Waals surface area contributed by atoms with Gasteiger partial charge in [0.05, 0.1) is 20.3 Å². The van der Waals surface area contributed by atoms with Crippen LogP contribution < -0.4 is 15.4 Å². The Hall–Kier alpha value is -2.09. The summed E-state index contributed by atoms with van der Waals surface area (Å²) in [6, 6.07) is -1.35. The molecule has 0 aromatic carbocycles. The summed E-state index contributed by atoms with van der Waals surface area (Å²) in [5, 5.41) is 53.9. The molecule has 0 bridgehead atoms. The Morgan fingerprint density at radius 1 is 0.818 bits per heavy atom. The molecule has 66 heavy (non-hydrogen) atoms. The lowest BCUT2D eigenvalue weighted by molar-refractivity contribution is -0.138. The van der Waals surface area contributed by atoms with Gasteiger partial charge in [-0.15, -0.1) is 0 Å². The molecule has 4 aromatic heterocycles. The van der Waals surface area contributed by atoms with Crippen molar-refractivity contribution in [2.75, 3.05) is 20.3 Å². The molecule has 370 valence electrons. The minimum atomic E-state index is -5.74. The highest BCUT2D eigenvalue weighted by atomic mass is 127. The molecular weight excluding hydrogens is 1210 g/mol. The first kappa shape index (κ1) is 54.8. The number of ether oxygens (including phenoxy) is 3. The molecule has 0 saturated carbocycles. The fourth-order valence-corrected chi connectivity index (χ4v) is 11.8. The minimum Gasteiger partial charge on any atom is -0.480 e.